The van der Waals surface area contributed by atoms with Crippen molar-refractivity contribution in [3.05, 3.63) is 34.1 Å². The van der Waals surface area contributed by atoms with E-state index in [1.54, 1.807) is 17.2 Å². The third kappa shape index (κ3) is 2.20. The fourth-order valence-electron chi connectivity index (χ4n) is 0.868. The maximum atomic E-state index is 11.2. The van der Waals surface area contributed by atoms with Crippen LogP contribution in [0, 0.1) is 11.3 Å². The first-order chi connectivity index (χ1) is 6.65. The Morgan fingerprint density at radius 3 is 2.93 bits per heavy atom. The van der Waals surface area contributed by atoms with Crippen LogP contribution in [0.3, 0.4) is 0 Å². The van der Waals surface area contributed by atoms with Crippen LogP contribution in [0.25, 0.3) is 6.08 Å². The van der Waals surface area contributed by atoms with Crippen LogP contribution in [-0.2, 0) is 0 Å². The fourth-order valence-corrected chi connectivity index (χ4v) is 0.868. The van der Waals surface area contributed by atoms with E-state index in [1.807, 2.05) is 20.2 Å². The van der Waals surface area contributed by atoms with Crippen LogP contribution in [0.1, 0.15) is 11.3 Å². The quantitative estimate of drug-likeness (QED) is 0.721. The van der Waals surface area contributed by atoms with Gasteiger partial charge < -0.3 is 9.88 Å². The van der Waals surface area contributed by atoms with Crippen LogP contribution in [0.2, 0.25) is 0 Å². The molecule has 0 bridgehead atoms. The number of aromatic nitrogens is 2. The van der Waals surface area contributed by atoms with E-state index in [0.717, 1.165) is 0 Å². The van der Waals surface area contributed by atoms with Crippen molar-refractivity contribution in [2.24, 2.45) is 0 Å². The summed E-state index contributed by atoms with van der Waals surface area (Å²) in [4.78, 5) is 19.2. The predicted molar refractivity (Wildman–Crippen MR) is 52.3 cm³/mol. The smallest absolute Gasteiger partial charge is 0.269 e. The van der Waals surface area contributed by atoms with Crippen LogP contribution >= 0.6 is 0 Å². The van der Waals surface area contributed by atoms with E-state index >= 15 is 0 Å². The minimum atomic E-state index is -0.416. The van der Waals surface area contributed by atoms with Gasteiger partial charge >= 0.3 is 0 Å². The van der Waals surface area contributed by atoms with E-state index in [-0.39, 0.29) is 5.56 Å². The van der Waals surface area contributed by atoms with Crippen molar-refractivity contribution in [2.45, 2.75) is 0 Å². The van der Waals surface area contributed by atoms with Crippen LogP contribution in [0.4, 0.5) is 0 Å². The average Bonchev–Trinajstić information content (AvgIpc) is 2.14. The van der Waals surface area contributed by atoms with Gasteiger partial charge in [0.2, 0.25) is 0 Å². The van der Waals surface area contributed by atoms with E-state index in [9.17, 15) is 4.79 Å². The summed E-state index contributed by atoms with van der Waals surface area (Å²) >= 11 is 0. The number of nitriles is 1. The van der Waals surface area contributed by atoms with Crippen molar-refractivity contribution in [3.8, 4) is 6.07 Å². The van der Waals surface area contributed by atoms with Crippen LogP contribution < -0.4 is 5.56 Å². The molecule has 0 radical (unpaired) electrons. The Labute approximate surface area is 81.3 Å². The summed E-state index contributed by atoms with van der Waals surface area (Å²) in [7, 11) is 3.69. The topological polar surface area (TPSA) is 72.8 Å². The largest absolute Gasteiger partial charge is 0.383 e. The molecule has 0 aliphatic carbocycles. The van der Waals surface area contributed by atoms with Crippen molar-refractivity contribution in [2.75, 3.05) is 14.1 Å². The van der Waals surface area contributed by atoms with E-state index < -0.39 is 5.56 Å². The molecule has 1 aromatic heterocycles. The molecule has 0 aliphatic heterocycles. The summed E-state index contributed by atoms with van der Waals surface area (Å²) in [5, 5.41) is 8.71. The van der Waals surface area contributed by atoms with E-state index in [0.29, 0.717) is 5.69 Å². The molecule has 0 unspecified atom stereocenters. The lowest BCUT2D eigenvalue weighted by Crippen LogP contribution is -2.12. The molecule has 5 heteroatoms. The van der Waals surface area contributed by atoms with Crippen LogP contribution in [-0.4, -0.2) is 29.0 Å². The van der Waals surface area contributed by atoms with E-state index in [4.69, 9.17) is 5.26 Å². The number of hydrogen-bond acceptors (Lipinski definition) is 4. The highest BCUT2D eigenvalue weighted by molar-refractivity contribution is 5.52. The Morgan fingerprint density at radius 2 is 2.36 bits per heavy atom. The maximum absolute atomic E-state index is 11.2. The van der Waals surface area contributed by atoms with Gasteiger partial charge in [0.1, 0.15) is 11.6 Å². The standard InChI is InChI=1S/C9H10N4O/c1-13(2)4-3-8-7(5-10)9(14)12-6-11-8/h3-4,6H,1-2H3,(H,11,12,14)/b4-3+. The van der Waals surface area contributed by atoms with Crippen molar-refractivity contribution >= 4 is 6.08 Å². The molecule has 1 aromatic rings. The Kier molecular flexibility index (Phi) is 3.02. The van der Waals surface area contributed by atoms with Gasteiger partial charge in [-0.1, -0.05) is 0 Å². The molecule has 0 saturated carbocycles. The number of hydrogen-bond donors (Lipinski definition) is 1. The predicted octanol–water partition coefficient (Wildman–Crippen LogP) is 0.174. The van der Waals surface area contributed by atoms with Gasteiger partial charge in [0.05, 0.1) is 12.0 Å². The van der Waals surface area contributed by atoms with Gasteiger partial charge in [-0.05, 0) is 6.08 Å². The van der Waals surface area contributed by atoms with Gasteiger partial charge in [-0.15, -0.1) is 0 Å². The fraction of sp³-hybridized carbons (Fsp3) is 0.222. The summed E-state index contributed by atoms with van der Waals surface area (Å²) in [6.07, 6.45) is 4.62. The first kappa shape index (κ1) is 9.99. The van der Waals surface area contributed by atoms with E-state index in [2.05, 4.69) is 9.97 Å². The third-order valence-electron chi connectivity index (χ3n) is 1.52. The molecule has 14 heavy (non-hydrogen) atoms. The first-order valence-electron chi connectivity index (χ1n) is 3.97. The number of rotatable bonds is 2. The number of H-pyrrole nitrogens is 1. The lowest BCUT2D eigenvalue weighted by atomic mass is 10.2. The van der Waals surface area contributed by atoms with Gasteiger partial charge in [0, 0.05) is 20.3 Å². The number of nitrogens with zero attached hydrogens (tertiary/aromatic N) is 3. The molecule has 1 N–H and O–H groups in total. The minimum Gasteiger partial charge on any atom is -0.383 e. The van der Waals surface area contributed by atoms with Gasteiger partial charge in [0.15, 0.2) is 0 Å². The van der Waals surface area contributed by atoms with Crippen molar-refractivity contribution in [3.63, 3.8) is 0 Å². The lowest BCUT2D eigenvalue weighted by Gasteiger charge is -2.02. The highest BCUT2D eigenvalue weighted by Gasteiger charge is 2.03. The summed E-state index contributed by atoms with van der Waals surface area (Å²) in [6.45, 7) is 0. The highest BCUT2D eigenvalue weighted by Crippen LogP contribution is 1.99. The van der Waals surface area contributed by atoms with Crippen molar-refractivity contribution in [1.29, 1.82) is 5.26 Å². The second-order valence-electron chi connectivity index (χ2n) is 2.88. The Balaban J connectivity index is 3.17. The SMILES string of the molecule is CN(C)/C=C/c1nc[nH]c(=O)c1C#N. The number of nitrogens with one attached hydrogen (secondary N) is 1. The second-order valence-corrected chi connectivity index (χ2v) is 2.88. The van der Waals surface area contributed by atoms with Crippen LogP contribution in [0.5, 0.6) is 0 Å². The molecular formula is C9H10N4O. The zero-order valence-corrected chi connectivity index (χ0v) is 7.98. The maximum Gasteiger partial charge on any atom is 0.269 e. The summed E-state index contributed by atoms with van der Waals surface area (Å²) in [5.74, 6) is 0. The Morgan fingerprint density at radius 1 is 1.64 bits per heavy atom. The summed E-state index contributed by atoms with van der Waals surface area (Å²) < 4.78 is 0. The molecule has 0 aliphatic rings. The Hall–Kier alpha value is -2.09. The molecule has 1 heterocycles. The molecule has 0 spiro atoms. The van der Waals surface area contributed by atoms with Crippen LogP contribution in [0.15, 0.2) is 17.3 Å². The molecule has 5 nitrogen and oxygen atoms in total. The monoisotopic (exact) mass is 190 g/mol. The van der Waals surface area contributed by atoms with Crippen molar-refractivity contribution in [1.82, 2.24) is 14.9 Å². The summed E-state index contributed by atoms with van der Waals surface area (Å²) in [6, 6.07) is 1.81. The van der Waals surface area contributed by atoms with Gasteiger partial charge in [-0.3, -0.25) is 4.79 Å². The molecule has 0 atom stereocenters. The zero-order chi connectivity index (χ0) is 10.6. The van der Waals surface area contributed by atoms with E-state index in [1.165, 1.54) is 6.33 Å². The average molecular weight is 190 g/mol. The molecular weight excluding hydrogens is 180 g/mol. The molecule has 0 amide bonds. The molecule has 0 fully saturated rings. The van der Waals surface area contributed by atoms with Gasteiger partial charge in [-0.2, -0.15) is 5.26 Å². The second kappa shape index (κ2) is 4.23. The normalized spacial score (nSPS) is 10.1. The summed E-state index contributed by atoms with van der Waals surface area (Å²) in [5.41, 5.74) is -0.00328. The zero-order valence-electron chi connectivity index (χ0n) is 7.98. The third-order valence-corrected chi connectivity index (χ3v) is 1.52. The number of aromatic amines is 1. The first-order valence-corrected chi connectivity index (χ1v) is 3.97. The molecule has 72 valence electrons. The Bertz CT molecular complexity index is 439. The molecule has 0 aromatic carbocycles. The lowest BCUT2D eigenvalue weighted by molar-refractivity contribution is 0.567. The van der Waals surface area contributed by atoms with Crippen molar-refractivity contribution < 1.29 is 0 Å². The molecule has 0 saturated heterocycles. The minimum absolute atomic E-state index is 0.0330. The highest BCUT2D eigenvalue weighted by atomic mass is 16.1. The van der Waals surface area contributed by atoms with Gasteiger partial charge in [-0.25, -0.2) is 4.98 Å². The molecule has 1 rings (SSSR count). The van der Waals surface area contributed by atoms with Gasteiger partial charge in [0.25, 0.3) is 5.56 Å².